The largest absolute Gasteiger partial charge is 0.479 e. The van der Waals surface area contributed by atoms with Gasteiger partial charge in [0.05, 0.1) is 0 Å². The Hall–Kier alpha value is -2.74. The topological polar surface area (TPSA) is 113 Å². The van der Waals surface area contributed by atoms with Crippen molar-refractivity contribution in [1.82, 2.24) is 9.88 Å². The quantitative estimate of drug-likeness (QED) is 0.656. The summed E-state index contributed by atoms with van der Waals surface area (Å²) in [4.78, 5) is 17.7. The van der Waals surface area contributed by atoms with Crippen molar-refractivity contribution in [1.29, 1.82) is 0 Å². The molecular formula is C19H19N3O4. The number of carboxylic acids is 1. The normalized spacial score (nSPS) is 19.4. The van der Waals surface area contributed by atoms with Crippen LogP contribution in [0.1, 0.15) is 28.7 Å². The van der Waals surface area contributed by atoms with Gasteiger partial charge < -0.3 is 20.4 Å². The van der Waals surface area contributed by atoms with Gasteiger partial charge in [0.1, 0.15) is 17.6 Å². The van der Waals surface area contributed by atoms with Crippen LogP contribution < -0.4 is 5.73 Å². The van der Waals surface area contributed by atoms with Crippen molar-refractivity contribution in [3.63, 3.8) is 0 Å². The highest BCUT2D eigenvalue weighted by Gasteiger charge is 2.44. The molecule has 1 aromatic carbocycles. The molecule has 7 nitrogen and oxygen atoms in total. The number of hydrogen-bond donors (Lipinski definition) is 3. The Kier molecular flexibility index (Phi) is 3.80. The molecule has 2 atom stereocenters. The van der Waals surface area contributed by atoms with Gasteiger partial charge in [-0.15, -0.1) is 0 Å². The Labute approximate surface area is 149 Å². The van der Waals surface area contributed by atoms with Crippen LogP contribution in [0.15, 0.2) is 47.1 Å². The van der Waals surface area contributed by atoms with Crippen molar-refractivity contribution in [2.75, 3.05) is 6.54 Å². The first kappa shape index (κ1) is 16.7. The highest BCUT2D eigenvalue weighted by Crippen LogP contribution is 2.35. The summed E-state index contributed by atoms with van der Waals surface area (Å²) in [5.74, 6) is -1.09. The SMILES string of the molecule is Cc1ccc2c(c1)C(O)N(CC(N)(C(=O)O)c1cc3cnccc3o1)C2. The minimum Gasteiger partial charge on any atom is -0.479 e. The number of hydrogen-bond acceptors (Lipinski definition) is 6. The highest BCUT2D eigenvalue weighted by atomic mass is 16.4. The highest BCUT2D eigenvalue weighted by molar-refractivity contribution is 5.84. The van der Waals surface area contributed by atoms with E-state index >= 15 is 0 Å². The lowest BCUT2D eigenvalue weighted by molar-refractivity contribution is -0.146. The number of carboxylic acid groups (broad SMARTS) is 1. The summed E-state index contributed by atoms with van der Waals surface area (Å²) in [5, 5.41) is 21.1. The van der Waals surface area contributed by atoms with Crippen LogP contribution in [0.2, 0.25) is 0 Å². The number of rotatable bonds is 4. The molecule has 1 aliphatic rings. The van der Waals surface area contributed by atoms with Crippen LogP contribution in [0.4, 0.5) is 0 Å². The van der Waals surface area contributed by atoms with Gasteiger partial charge >= 0.3 is 5.97 Å². The number of aliphatic hydroxyl groups excluding tert-OH is 1. The molecule has 26 heavy (non-hydrogen) atoms. The molecule has 0 radical (unpaired) electrons. The van der Waals surface area contributed by atoms with E-state index in [9.17, 15) is 15.0 Å². The molecule has 0 spiro atoms. The summed E-state index contributed by atoms with van der Waals surface area (Å²) in [5.41, 5.74) is 7.77. The fourth-order valence-electron chi connectivity index (χ4n) is 3.42. The molecule has 0 saturated carbocycles. The van der Waals surface area contributed by atoms with Gasteiger partial charge in [-0.1, -0.05) is 23.8 Å². The summed E-state index contributed by atoms with van der Waals surface area (Å²) < 4.78 is 5.68. The Morgan fingerprint density at radius 2 is 2.23 bits per heavy atom. The van der Waals surface area contributed by atoms with Gasteiger partial charge in [0.15, 0.2) is 5.54 Å². The molecule has 3 aromatic rings. The van der Waals surface area contributed by atoms with Crippen molar-refractivity contribution in [2.24, 2.45) is 5.73 Å². The van der Waals surface area contributed by atoms with E-state index in [1.54, 1.807) is 29.4 Å². The second-order valence-corrected chi connectivity index (χ2v) is 6.78. The molecule has 1 aliphatic heterocycles. The van der Waals surface area contributed by atoms with Crippen LogP contribution in [0.3, 0.4) is 0 Å². The minimum absolute atomic E-state index is 0.0928. The van der Waals surface area contributed by atoms with Crippen LogP contribution in [-0.2, 0) is 16.9 Å². The average Bonchev–Trinajstić information content (AvgIpc) is 3.17. The number of furan rings is 1. The van der Waals surface area contributed by atoms with Crippen molar-refractivity contribution in [3.8, 4) is 0 Å². The molecule has 3 heterocycles. The van der Waals surface area contributed by atoms with E-state index < -0.39 is 17.7 Å². The Morgan fingerprint density at radius 3 is 2.96 bits per heavy atom. The third-order valence-corrected chi connectivity index (χ3v) is 4.89. The van der Waals surface area contributed by atoms with Gasteiger partial charge in [0.25, 0.3) is 0 Å². The molecule has 0 aliphatic carbocycles. The van der Waals surface area contributed by atoms with Gasteiger partial charge in [-0.25, -0.2) is 4.79 Å². The number of aliphatic hydroxyl groups is 1. The summed E-state index contributed by atoms with van der Waals surface area (Å²) >= 11 is 0. The first-order valence-electron chi connectivity index (χ1n) is 8.26. The van der Waals surface area contributed by atoms with Gasteiger partial charge in [-0.3, -0.25) is 9.88 Å². The van der Waals surface area contributed by atoms with Crippen molar-refractivity contribution in [2.45, 2.75) is 25.2 Å². The maximum atomic E-state index is 12.0. The Morgan fingerprint density at radius 1 is 1.42 bits per heavy atom. The Bertz CT molecular complexity index is 966. The second-order valence-electron chi connectivity index (χ2n) is 6.78. The molecule has 4 rings (SSSR count). The van der Waals surface area contributed by atoms with Crippen LogP contribution >= 0.6 is 0 Å². The molecule has 2 aromatic heterocycles. The third-order valence-electron chi connectivity index (χ3n) is 4.89. The summed E-state index contributed by atoms with van der Waals surface area (Å²) in [7, 11) is 0. The minimum atomic E-state index is -1.79. The van der Waals surface area contributed by atoms with Gasteiger partial charge in [0.2, 0.25) is 0 Å². The van der Waals surface area contributed by atoms with E-state index in [-0.39, 0.29) is 12.3 Å². The number of carbonyl (C=O) groups is 1. The van der Waals surface area contributed by atoms with E-state index in [0.29, 0.717) is 17.5 Å². The molecule has 2 unspecified atom stereocenters. The number of aromatic nitrogens is 1. The summed E-state index contributed by atoms with van der Waals surface area (Å²) in [6.45, 7) is 2.28. The monoisotopic (exact) mass is 353 g/mol. The lowest BCUT2D eigenvalue weighted by atomic mass is 9.96. The number of aliphatic carboxylic acids is 1. The maximum Gasteiger partial charge on any atom is 0.333 e. The fraction of sp³-hybridized carbons (Fsp3) is 0.263. The first-order chi connectivity index (χ1) is 12.4. The zero-order chi connectivity index (χ0) is 18.5. The van der Waals surface area contributed by atoms with Crippen LogP contribution in [0, 0.1) is 6.92 Å². The molecular weight excluding hydrogens is 334 g/mol. The van der Waals surface area contributed by atoms with Crippen molar-refractivity contribution in [3.05, 3.63) is 65.2 Å². The maximum absolute atomic E-state index is 12.0. The predicted molar refractivity (Wildman–Crippen MR) is 94.1 cm³/mol. The summed E-state index contributed by atoms with van der Waals surface area (Å²) in [6, 6.07) is 9.07. The van der Waals surface area contributed by atoms with E-state index in [1.807, 2.05) is 25.1 Å². The molecule has 134 valence electrons. The third kappa shape index (κ3) is 2.57. The Balaban J connectivity index is 1.68. The molecule has 0 bridgehead atoms. The predicted octanol–water partition coefficient (Wildman–Crippen LogP) is 1.88. The van der Waals surface area contributed by atoms with Gasteiger partial charge in [-0.05, 0) is 24.6 Å². The molecule has 0 amide bonds. The standard InChI is InChI=1S/C19H19N3O4/c1-11-2-3-12-9-22(17(23)14(12)6-11)10-19(20,18(24)25)16-7-13-8-21-5-4-15(13)26-16/h2-8,17,23H,9-10,20H2,1H3,(H,24,25). The second kappa shape index (κ2) is 5.91. The fourth-order valence-corrected chi connectivity index (χ4v) is 3.42. The zero-order valence-corrected chi connectivity index (χ0v) is 14.2. The van der Waals surface area contributed by atoms with E-state index in [1.165, 1.54) is 0 Å². The molecule has 0 saturated heterocycles. The number of nitrogens with zero attached hydrogens (tertiary/aromatic N) is 2. The average molecular weight is 353 g/mol. The van der Waals surface area contributed by atoms with E-state index in [2.05, 4.69) is 4.98 Å². The van der Waals surface area contributed by atoms with E-state index in [0.717, 1.165) is 16.7 Å². The number of benzene rings is 1. The van der Waals surface area contributed by atoms with Gasteiger partial charge in [0, 0.05) is 36.4 Å². The first-order valence-corrected chi connectivity index (χ1v) is 8.26. The lowest BCUT2D eigenvalue weighted by Crippen LogP contribution is -2.52. The molecule has 4 N–H and O–H groups in total. The molecule has 0 fully saturated rings. The van der Waals surface area contributed by atoms with Crippen LogP contribution in [0.25, 0.3) is 11.0 Å². The number of aryl methyl sites for hydroxylation is 1. The number of nitrogens with two attached hydrogens (primary N) is 1. The zero-order valence-electron chi connectivity index (χ0n) is 14.2. The van der Waals surface area contributed by atoms with Crippen molar-refractivity contribution < 1.29 is 19.4 Å². The van der Waals surface area contributed by atoms with Crippen LogP contribution in [0.5, 0.6) is 0 Å². The molecule has 7 heteroatoms. The van der Waals surface area contributed by atoms with Gasteiger partial charge in [-0.2, -0.15) is 0 Å². The van der Waals surface area contributed by atoms with E-state index in [4.69, 9.17) is 10.2 Å². The number of fused-ring (bicyclic) bond motifs is 2. The lowest BCUT2D eigenvalue weighted by Gasteiger charge is -2.30. The van der Waals surface area contributed by atoms with Crippen LogP contribution in [-0.4, -0.2) is 32.6 Å². The smallest absolute Gasteiger partial charge is 0.333 e. The number of pyridine rings is 1. The summed E-state index contributed by atoms with van der Waals surface area (Å²) in [6.07, 6.45) is 2.25. The van der Waals surface area contributed by atoms with Crippen molar-refractivity contribution >= 4 is 16.9 Å².